The summed E-state index contributed by atoms with van der Waals surface area (Å²) < 4.78 is 27.1. The summed E-state index contributed by atoms with van der Waals surface area (Å²) in [7, 11) is -3.47. The average molecular weight is 493 g/mol. The second-order valence-corrected chi connectivity index (χ2v) is 10.3. The molecule has 1 saturated heterocycles. The molecule has 8 nitrogen and oxygen atoms in total. The van der Waals surface area contributed by atoms with Crippen LogP contribution < -0.4 is 16.0 Å². The van der Waals surface area contributed by atoms with Crippen LogP contribution in [0.2, 0.25) is 0 Å². The SMILES string of the molecule is O=C(Nc1ccccc1)Nc1ccc(C(=O)NCc2ccc(S(=O)(=O)N3CCCCC3)cc2)cc1. The minimum atomic E-state index is -3.47. The zero-order valence-corrected chi connectivity index (χ0v) is 20.1. The molecule has 4 rings (SSSR count). The minimum absolute atomic E-state index is 0.266. The Labute approximate surface area is 205 Å². The highest BCUT2D eigenvalue weighted by molar-refractivity contribution is 7.89. The van der Waals surface area contributed by atoms with Crippen LogP contribution in [0.3, 0.4) is 0 Å². The molecule has 1 fully saturated rings. The van der Waals surface area contributed by atoms with Gasteiger partial charge in [0.25, 0.3) is 5.91 Å². The van der Waals surface area contributed by atoms with Gasteiger partial charge in [-0.2, -0.15) is 4.31 Å². The first-order valence-electron chi connectivity index (χ1n) is 11.5. The third-order valence-corrected chi connectivity index (χ3v) is 7.68. The summed E-state index contributed by atoms with van der Waals surface area (Å²) in [5, 5.41) is 8.28. The number of nitrogens with one attached hydrogen (secondary N) is 3. The quantitative estimate of drug-likeness (QED) is 0.453. The number of hydrogen-bond acceptors (Lipinski definition) is 4. The van der Waals surface area contributed by atoms with E-state index in [0.717, 1.165) is 24.8 Å². The summed E-state index contributed by atoms with van der Waals surface area (Å²) in [4.78, 5) is 24.9. The van der Waals surface area contributed by atoms with Crippen molar-refractivity contribution in [2.45, 2.75) is 30.7 Å². The van der Waals surface area contributed by atoms with Crippen LogP contribution in [-0.4, -0.2) is 37.8 Å². The lowest BCUT2D eigenvalue weighted by Gasteiger charge is -2.25. The molecule has 9 heteroatoms. The van der Waals surface area contributed by atoms with E-state index >= 15 is 0 Å². The molecule has 1 aliphatic heterocycles. The number of rotatable bonds is 7. The Balaban J connectivity index is 1.28. The number of carbonyl (C=O) groups is 2. The first kappa shape index (κ1) is 24.4. The predicted octanol–water partition coefficient (Wildman–Crippen LogP) is 4.44. The lowest BCUT2D eigenvalue weighted by Crippen LogP contribution is -2.35. The van der Waals surface area contributed by atoms with Crippen molar-refractivity contribution in [2.75, 3.05) is 23.7 Å². The number of sulfonamides is 1. The van der Waals surface area contributed by atoms with Gasteiger partial charge in [0.15, 0.2) is 0 Å². The monoisotopic (exact) mass is 492 g/mol. The normalized spacial score (nSPS) is 14.2. The van der Waals surface area contributed by atoms with Crippen molar-refractivity contribution >= 4 is 33.3 Å². The van der Waals surface area contributed by atoms with Gasteiger partial charge in [-0.3, -0.25) is 4.79 Å². The van der Waals surface area contributed by atoms with Crippen LogP contribution in [0.1, 0.15) is 35.2 Å². The van der Waals surface area contributed by atoms with Gasteiger partial charge in [0.2, 0.25) is 10.0 Å². The summed E-state index contributed by atoms with van der Waals surface area (Å²) in [6, 6.07) is 21.9. The van der Waals surface area contributed by atoms with Gasteiger partial charge < -0.3 is 16.0 Å². The van der Waals surface area contributed by atoms with Gasteiger partial charge in [0.05, 0.1) is 4.90 Å². The predicted molar refractivity (Wildman–Crippen MR) is 136 cm³/mol. The maximum atomic E-state index is 12.8. The molecule has 0 atom stereocenters. The second kappa shape index (κ2) is 11.2. The Morgan fingerprint density at radius 2 is 1.34 bits per heavy atom. The molecule has 35 heavy (non-hydrogen) atoms. The fraction of sp³-hybridized carbons (Fsp3) is 0.231. The lowest BCUT2D eigenvalue weighted by atomic mass is 10.1. The third-order valence-electron chi connectivity index (χ3n) is 5.77. The van der Waals surface area contributed by atoms with Gasteiger partial charge in [-0.1, -0.05) is 36.8 Å². The van der Waals surface area contributed by atoms with E-state index in [2.05, 4.69) is 16.0 Å². The molecule has 182 valence electrons. The fourth-order valence-electron chi connectivity index (χ4n) is 3.84. The number of benzene rings is 3. The summed E-state index contributed by atoms with van der Waals surface area (Å²) in [5.41, 5.74) is 2.48. The minimum Gasteiger partial charge on any atom is -0.348 e. The molecule has 1 heterocycles. The molecule has 0 aliphatic carbocycles. The number of hydrogen-bond donors (Lipinski definition) is 3. The number of carbonyl (C=O) groups excluding carboxylic acids is 2. The smallest absolute Gasteiger partial charge is 0.323 e. The average Bonchev–Trinajstić information content (AvgIpc) is 2.89. The zero-order valence-electron chi connectivity index (χ0n) is 19.2. The molecule has 0 bridgehead atoms. The molecule has 0 unspecified atom stereocenters. The van der Waals surface area contributed by atoms with Crippen LogP contribution >= 0.6 is 0 Å². The lowest BCUT2D eigenvalue weighted by molar-refractivity contribution is 0.0951. The highest BCUT2D eigenvalue weighted by Gasteiger charge is 2.25. The third kappa shape index (κ3) is 6.46. The van der Waals surface area contributed by atoms with Crippen molar-refractivity contribution in [2.24, 2.45) is 0 Å². The van der Waals surface area contributed by atoms with E-state index in [9.17, 15) is 18.0 Å². The van der Waals surface area contributed by atoms with E-state index in [0.29, 0.717) is 30.0 Å². The van der Waals surface area contributed by atoms with Crippen LogP contribution in [0.15, 0.2) is 83.8 Å². The van der Waals surface area contributed by atoms with Gasteiger partial charge in [-0.15, -0.1) is 0 Å². The number of piperidine rings is 1. The van der Waals surface area contributed by atoms with Gasteiger partial charge >= 0.3 is 6.03 Å². The Morgan fingerprint density at radius 1 is 0.743 bits per heavy atom. The number of para-hydroxylation sites is 1. The van der Waals surface area contributed by atoms with E-state index in [1.165, 1.54) is 4.31 Å². The van der Waals surface area contributed by atoms with E-state index in [-0.39, 0.29) is 23.4 Å². The first-order chi connectivity index (χ1) is 16.9. The van der Waals surface area contributed by atoms with Crippen molar-refractivity contribution < 1.29 is 18.0 Å². The highest BCUT2D eigenvalue weighted by atomic mass is 32.2. The molecule has 0 spiro atoms. The molecule has 0 radical (unpaired) electrons. The van der Waals surface area contributed by atoms with E-state index in [1.807, 2.05) is 18.2 Å². The van der Waals surface area contributed by atoms with Crippen molar-refractivity contribution in [1.29, 1.82) is 0 Å². The summed E-state index contributed by atoms with van der Waals surface area (Å²) in [6.45, 7) is 1.39. The molecule has 3 aromatic carbocycles. The second-order valence-electron chi connectivity index (χ2n) is 8.31. The number of nitrogens with zero attached hydrogens (tertiary/aromatic N) is 1. The molecular formula is C26H28N4O4S. The van der Waals surface area contributed by atoms with Crippen LogP contribution in [-0.2, 0) is 16.6 Å². The van der Waals surface area contributed by atoms with Crippen LogP contribution in [0.5, 0.6) is 0 Å². The fourth-order valence-corrected chi connectivity index (χ4v) is 5.35. The van der Waals surface area contributed by atoms with Crippen molar-refractivity contribution in [1.82, 2.24) is 9.62 Å². The molecule has 0 aromatic heterocycles. The maximum Gasteiger partial charge on any atom is 0.323 e. The van der Waals surface area contributed by atoms with E-state index in [1.54, 1.807) is 60.7 Å². The number of anilines is 2. The van der Waals surface area contributed by atoms with Crippen molar-refractivity contribution in [3.63, 3.8) is 0 Å². The number of amides is 3. The Hall–Kier alpha value is -3.69. The van der Waals surface area contributed by atoms with E-state index in [4.69, 9.17) is 0 Å². The summed E-state index contributed by atoms with van der Waals surface area (Å²) in [5.74, 6) is -0.268. The largest absolute Gasteiger partial charge is 0.348 e. The Morgan fingerprint density at radius 3 is 1.97 bits per heavy atom. The molecule has 3 N–H and O–H groups in total. The van der Waals surface area contributed by atoms with E-state index < -0.39 is 10.0 Å². The first-order valence-corrected chi connectivity index (χ1v) is 13.0. The summed E-state index contributed by atoms with van der Waals surface area (Å²) >= 11 is 0. The van der Waals surface area contributed by atoms with Crippen molar-refractivity contribution in [3.05, 3.63) is 90.0 Å². The van der Waals surface area contributed by atoms with Crippen molar-refractivity contribution in [3.8, 4) is 0 Å². The number of urea groups is 1. The molecular weight excluding hydrogens is 464 g/mol. The van der Waals surface area contributed by atoms with Gasteiger partial charge in [0, 0.05) is 36.6 Å². The van der Waals surface area contributed by atoms with Gasteiger partial charge in [-0.25, -0.2) is 13.2 Å². The zero-order chi connectivity index (χ0) is 24.7. The molecule has 3 amide bonds. The van der Waals surface area contributed by atoms with Gasteiger partial charge in [0.1, 0.15) is 0 Å². The molecule has 0 saturated carbocycles. The standard InChI is InChI=1S/C26H28N4O4S/c31-25(21-11-13-23(14-12-21)29-26(32)28-22-7-3-1-4-8-22)27-19-20-9-15-24(16-10-20)35(33,34)30-17-5-2-6-18-30/h1,3-4,7-16H,2,5-6,17-19H2,(H,27,31)(H2,28,29,32). The molecule has 3 aromatic rings. The summed E-state index contributed by atoms with van der Waals surface area (Å²) in [6.07, 6.45) is 2.84. The van der Waals surface area contributed by atoms with Gasteiger partial charge in [-0.05, 0) is 66.9 Å². The topological polar surface area (TPSA) is 108 Å². The molecule has 1 aliphatic rings. The van der Waals surface area contributed by atoms with Crippen LogP contribution in [0.25, 0.3) is 0 Å². The maximum absolute atomic E-state index is 12.8. The van der Waals surface area contributed by atoms with Crippen LogP contribution in [0.4, 0.5) is 16.2 Å². The highest BCUT2D eigenvalue weighted by Crippen LogP contribution is 2.21. The van der Waals surface area contributed by atoms with Crippen LogP contribution in [0, 0.1) is 0 Å². The Bertz CT molecular complexity index is 1250. The Kier molecular flexibility index (Phi) is 7.79.